The average Bonchev–Trinajstić information content (AvgIpc) is 3.04. The van der Waals surface area contributed by atoms with Crippen molar-refractivity contribution in [3.63, 3.8) is 0 Å². The number of pyridine rings is 1. The number of nitrogens with one attached hydrogen (secondary N) is 1. The summed E-state index contributed by atoms with van der Waals surface area (Å²) in [5.74, 6) is -0.251. The zero-order valence-electron chi connectivity index (χ0n) is 12.7. The number of anilines is 1. The lowest BCUT2D eigenvalue weighted by Gasteiger charge is -2.11. The van der Waals surface area contributed by atoms with E-state index in [2.05, 4.69) is 10.3 Å². The zero-order valence-corrected chi connectivity index (χ0v) is 12.7. The molecule has 1 fully saturated rings. The van der Waals surface area contributed by atoms with E-state index in [4.69, 9.17) is 9.47 Å². The van der Waals surface area contributed by atoms with Gasteiger partial charge in [0.05, 0.1) is 18.8 Å². The van der Waals surface area contributed by atoms with E-state index < -0.39 is 0 Å². The number of hydrogen-bond donors (Lipinski definition) is 1. The molecule has 1 atom stereocenters. The van der Waals surface area contributed by atoms with Crippen LogP contribution in [0.2, 0.25) is 0 Å². The Labute approximate surface area is 133 Å². The van der Waals surface area contributed by atoms with Gasteiger partial charge in [0.1, 0.15) is 11.9 Å². The Hall–Kier alpha value is -2.47. The van der Waals surface area contributed by atoms with Gasteiger partial charge in [-0.2, -0.15) is 0 Å². The SMILES string of the molecule is Cc1ccc(NC(=O)c2ccc(OC3CCOC3)nc2)cc1F. The number of carbonyl (C=O) groups excluding carboxylic acids is 1. The lowest BCUT2D eigenvalue weighted by molar-refractivity contribution is 0.102. The maximum Gasteiger partial charge on any atom is 0.257 e. The van der Waals surface area contributed by atoms with Gasteiger partial charge in [-0.3, -0.25) is 4.79 Å². The van der Waals surface area contributed by atoms with Crippen LogP contribution in [0.4, 0.5) is 10.1 Å². The molecule has 1 saturated heterocycles. The third-order valence-corrected chi connectivity index (χ3v) is 3.60. The molecule has 23 heavy (non-hydrogen) atoms. The van der Waals surface area contributed by atoms with Gasteiger partial charge in [0.25, 0.3) is 5.91 Å². The summed E-state index contributed by atoms with van der Waals surface area (Å²) in [5, 5.41) is 2.64. The molecule has 0 radical (unpaired) electrons. The molecule has 0 aliphatic carbocycles. The number of aryl methyl sites for hydroxylation is 1. The third-order valence-electron chi connectivity index (χ3n) is 3.60. The van der Waals surface area contributed by atoms with Crippen LogP contribution in [0.25, 0.3) is 0 Å². The maximum atomic E-state index is 13.5. The molecule has 2 heterocycles. The van der Waals surface area contributed by atoms with Crippen molar-refractivity contribution >= 4 is 11.6 Å². The number of nitrogens with zero attached hydrogens (tertiary/aromatic N) is 1. The van der Waals surface area contributed by atoms with Crippen LogP contribution in [0.1, 0.15) is 22.3 Å². The second-order valence-electron chi connectivity index (χ2n) is 5.41. The quantitative estimate of drug-likeness (QED) is 0.942. The van der Waals surface area contributed by atoms with Crippen molar-refractivity contribution < 1.29 is 18.7 Å². The number of halogens is 1. The first-order valence-corrected chi connectivity index (χ1v) is 7.40. The molecular weight excluding hydrogens is 299 g/mol. The van der Waals surface area contributed by atoms with Crippen LogP contribution in [0.5, 0.6) is 5.88 Å². The highest BCUT2D eigenvalue weighted by atomic mass is 19.1. The fraction of sp³-hybridized carbons (Fsp3) is 0.294. The molecule has 3 rings (SSSR count). The van der Waals surface area contributed by atoms with Crippen molar-refractivity contribution in [3.05, 3.63) is 53.5 Å². The van der Waals surface area contributed by atoms with Gasteiger partial charge in [-0.1, -0.05) is 6.07 Å². The number of amides is 1. The van der Waals surface area contributed by atoms with E-state index in [0.29, 0.717) is 35.9 Å². The summed E-state index contributed by atoms with van der Waals surface area (Å²) in [6.07, 6.45) is 2.28. The van der Waals surface area contributed by atoms with Gasteiger partial charge in [0.2, 0.25) is 5.88 Å². The van der Waals surface area contributed by atoms with Crippen molar-refractivity contribution in [2.45, 2.75) is 19.4 Å². The average molecular weight is 316 g/mol. The normalized spacial score (nSPS) is 17.0. The number of benzene rings is 1. The molecule has 0 bridgehead atoms. The number of ether oxygens (including phenoxy) is 2. The molecule has 2 aromatic rings. The predicted octanol–water partition coefficient (Wildman–Crippen LogP) is 2.95. The van der Waals surface area contributed by atoms with E-state index in [9.17, 15) is 9.18 Å². The summed E-state index contributed by atoms with van der Waals surface area (Å²) < 4.78 is 24.4. The zero-order chi connectivity index (χ0) is 16.2. The molecule has 5 nitrogen and oxygen atoms in total. The molecule has 1 amide bonds. The topological polar surface area (TPSA) is 60.5 Å². The van der Waals surface area contributed by atoms with E-state index in [1.165, 1.54) is 12.3 Å². The summed E-state index contributed by atoms with van der Waals surface area (Å²) >= 11 is 0. The van der Waals surface area contributed by atoms with Gasteiger partial charge in [-0.05, 0) is 30.7 Å². The molecule has 0 saturated carbocycles. The number of aromatic nitrogens is 1. The van der Waals surface area contributed by atoms with Crippen LogP contribution in [0, 0.1) is 12.7 Å². The van der Waals surface area contributed by atoms with Crippen molar-refractivity contribution in [2.24, 2.45) is 0 Å². The van der Waals surface area contributed by atoms with Crippen LogP contribution >= 0.6 is 0 Å². The fourth-order valence-electron chi connectivity index (χ4n) is 2.23. The predicted molar refractivity (Wildman–Crippen MR) is 83.2 cm³/mol. The lowest BCUT2D eigenvalue weighted by atomic mass is 10.2. The van der Waals surface area contributed by atoms with Crippen LogP contribution in [0.15, 0.2) is 36.5 Å². The monoisotopic (exact) mass is 316 g/mol. The standard InChI is InChI=1S/C17H17FN2O3/c1-11-2-4-13(8-15(11)18)20-17(21)12-3-5-16(19-9-12)23-14-6-7-22-10-14/h2-5,8-9,14H,6-7,10H2,1H3,(H,20,21). The third kappa shape index (κ3) is 3.84. The lowest BCUT2D eigenvalue weighted by Crippen LogP contribution is -2.17. The van der Waals surface area contributed by atoms with Crippen LogP contribution in [-0.2, 0) is 4.74 Å². The van der Waals surface area contributed by atoms with Crippen LogP contribution in [0.3, 0.4) is 0 Å². The summed E-state index contributed by atoms with van der Waals surface area (Å²) in [4.78, 5) is 16.3. The molecule has 1 aliphatic rings. The summed E-state index contributed by atoms with van der Waals surface area (Å²) in [7, 11) is 0. The van der Waals surface area contributed by atoms with Crippen LogP contribution in [-0.4, -0.2) is 30.2 Å². The highest BCUT2D eigenvalue weighted by Crippen LogP contribution is 2.17. The largest absolute Gasteiger partial charge is 0.472 e. The molecule has 1 aliphatic heterocycles. The van der Waals surface area contributed by atoms with E-state index in [1.54, 1.807) is 31.2 Å². The van der Waals surface area contributed by atoms with Crippen molar-refractivity contribution in [1.82, 2.24) is 4.98 Å². The van der Waals surface area contributed by atoms with E-state index in [1.807, 2.05) is 0 Å². The number of rotatable bonds is 4. The Bertz CT molecular complexity index is 697. The Morgan fingerprint density at radius 3 is 2.91 bits per heavy atom. The molecular formula is C17H17FN2O3. The Kier molecular flexibility index (Phi) is 4.52. The summed E-state index contributed by atoms with van der Waals surface area (Å²) in [6.45, 7) is 2.92. The molecule has 0 spiro atoms. The molecule has 1 aromatic carbocycles. The second-order valence-corrected chi connectivity index (χ2v) is 5.41. The van der Waals surface area contributed by atoms with E-state index in [-0.39, 0.29) is 17.8 Å². The first-order chi connectivity index (χ1) is 11.1. The summed E-state index contributed by atoms with van der Waals surface area (Å²) in [5.41, 5.74) is 1.31. The Morgan fingerprint density at radius 2 is 2.26 bits per heavy atom. The minimum atomic E-state index is -0.358. The smallest absolute Gasteiger partial charge is 0.257 e. The molecule has 120 valence electrons. The van der Waals surface area contributed by atoms with Gasteiger partial charge in [-0.25, -0.2) is 9.37 Å². The highest BCUT2D eigenvalue weighted by Gasteiger charge is 2.18. The first kappa shape index (κ1) is 15.4. The number of hydrogen-bond acceptors (Lipinski definition) is 4. The van der Waals surface area contributed by atoms with Gasteiger partial charge < -0.3 is 14.8 Å². The Balaban J connectivity index is 1.63. The molecule has 1 unspecified atom stereocenters. The minimum Gasteiger partial charge on any atom is -0.472 e. The van der Waals surface area contributed by atoms with E-state index >= 15 is 0 Å². The highest BCUT2D eigenvalue weighted by molar-refractivity contribution is 6.04. The number of carbonyl (C=O) groups is 1. The van der Waals surface area contributed by atoms with Crippen molar-refractivity contribution in [3.8, 4) is 5.88 Å². The fourth-order valence-corrected chi connectivity index (χ4v) is 2.23. The van der Waals surface area contributed by atoms with Gasteiger partial charge in [0.15, 0.2) is 0 Å². The maximum absolute atomic E-state index is 13.5. The minimum absolute atomic E-state index is 0.0118. The van der Waals surface area contributed by atoms with Gasteiger partial charge in [0, 0.05) is 24.4 Å². The van der Waals surface area contributed by atoms with Crippen molar-refractivity contribution in [2.75, 3.05) is 18.5 Å². The second kappa shape index (κ2) is 6.75. The molecule has 1 aromatic heterocycles. The first-order valence-electron chi connectivity index (χ1n) is 7.40. The molecule has 1 N–H and O–H groups in total. The van der Waals surface area contributed by atoms with E-state index in [0.717, 1.165) is 6.42 Å². The van der Waals surface area contributed by atoms with Gasteiger partial charge in [-0.15, -0.1) is 0 Å². The van der Waals surface area contributed by atoms with Crippen molar-refractivity contribution in [1.29, 1.82) is 0 Å². The summed E-state index contributed by atoms with van der Waals surface area (Å²) in [6, 6.07) is 7.82. The van der Waals surface area contributed by atoms with Gasteiger partial charge >= 0.3 is 0 Å². The Morgan fingerprint density at radius 1 is 1.39 bits per heavy atom. The molecule has 6 heteroatoms. The van der Waals surface area contributed by atoms with Crippen LogP contribution < -0.4 is 10.1 Å².